The van der Waals surface area contributed by atoms with Gasteiger partial charge in [-0.2, -0.15) is 4.39 Å². The zero-order valence-electron chi connectivity index (χ0n) is 17.7. The number of pyridine rings is 2. The standard InChI is InChI=1S/C22H23ClFN5O3/c1-29(2)14-6-3-12(4-7-14)21(30)28-19-18-15(8-9-16(24)26-18)32-20(19)22(31)27-17-10-5-13(23)11-25-17/h5,8-12,14H,3-4,6-7H2,1-2H3,(H,28,30)(H,25,27,31). The Labute approximate surface area is 189 Å². The number of rotatable bonds is 5. The van der Waals surface area contributed by atoms with E-state index >= 15 is 0 Å². The fourth-order valence-corrected chi connectivity index (χ4v) is 4.04. The van der Waals surface area contributed by atoms with Crippen LogP contribution >= 0.6 is 11.6 Å². The van der Waals surface area contributed by atoms with E-state index in [4.69, 9.17) is 16.0 Å². The predicted octanol–water partition coefficient (Wildman–Crippen LogP) is 4.33. The number of carbonyl (C=O) groups excluding carboxylic acids is 2. The Balaban J connectivity index is 1.59. The number of furan rings is 1. The molecule has 0 unspecified atom stereocenters. The Morgan fingerprint density at radius 3 is 2.53 bits per heavy atom. The van der Waals surface area contributed by atoms with Crippen molar-refractivity contribution in [2.45, 2.75) is 31.7 Å². The van der Waals surface area contributed by atoms with Crippen LogP contribution in [0.1, 0.15) is 36.2 Å². The van der Waals surface area contributed by atoms with Crippen molar-refractivity contribution in [1.82, 2.24) is 14.9 Å². The summed E-state index contributed by atoms with van der Waals surface area (Å²) in [6.45, 7) is 0. The maximum absolute atomic E-state index is 13.8. The number of hydrogen-bond acceptors (Lipinski definition) is 6. The summed E-state index contributed by atoms with van der Waals surface area (Å²) in [7, 11) is 4.06. The molecular weight excluding hydrogens is 437 g/mol. The van der Waals surface area contributed by atoms with Crippen molar-refractivity contribution in [1.29, 1.82) is 0 Å². The fraction of sp³-hybridized carbons (Fsp3) is 0.364. The van der Waals surface area contributed by atoms with Gasteiger partial charge in [-0.1, -0.05) is 11.6 Å². The molecule has 10 heteroatoms. The minimum Gasteiger partial charge on any atom is -0.447 e. The van der Waals surface area contributed by atoms with E-state index < -0.39 is 11.9 Å². The van der Waals surface area contributed by atoms with Crippen LogP contribution < -0.4 is 10.6 Å². The van der Waals surface area contributed by atoms with Gasteiger partial charge in [0.15, 0.2) is 5.58 Å². The third-order valence-electron chi connectivity index (χ3n) is 5.72. The lowest BCUT2D eigenvalue weighted by Crippen LogP contribution is -2.35. The molecule has 1 aliphatic rings. The Bertz CT molecular complexity index is 1140. The molecule has 168 valence electrons. The maximum atomic E-state index is 13.8. The second-order valence-corrected chi connectivity index (χ2v) is 8.50. The lowest BCUT2D eigenvalue weighted by Gasteiger charge is -2.31. The minimum absolute atomic E-state index is 0.0469. The van der Waals surface area contributed by atoms with Crippen molar-refractivity contribution in [2.24, 2.45) is 5.92 Å². The summed E-state index contributed by atoms with van der Waals surface area (Å²) in [6.07, 6.45) is 4.64. The minimum atomic E-state index is -0.744. The van der Waals surface area contributed by atoms with E-state index in [1.54, 1.807) is 6.07 Å². The lowest BCUT2D eigenvalue weighted by atomic mass is 9.85. The summed E-state index contributed by atoms with van der Waals surface area (Å²) in [4.78, 5) is 35.9. The molecule has 3 heterocycles. The van der Waals surface area contributed by atoms with Gasteiger partial charge in [0, 0.05) is 18.2 Å². The van der Waals surface area contributed by atoms with Gasteiger partial charge in [0.1, 0.15) is 17.0 Å². The Morgan fingerprint density at radius 1 is 1.12 bits per heavy atom. The molecule has 2 amide bonds. The van der Waals surface area contributed by atoms with E-state index in [-0.39, 0.29) is 40.2 Å². The number of anilines is 2. The summed E-state index contributed by atoms with van der Waals surface area (Å²) in [5.74, 6) is -1.77. The van der Waals surface area contributed by atoms with E-state index in [0.29, 0.717) is 11.1 Å². The van der Waals surface area contributed by atoms with Crippen LogP contribution in [0.3, 0.4) is 0 Å². The third-order valence-corrected chi connectivity index (χ3v) is 5.94. The molecule has 1 aliphatic carbocycles. The molecule has 2 N–H and O–H groups in total. The number of carbonyl (C=O) groups is 2. The van der Waals surface area contributed by atoms with Gasteiger partial charge < -0.3 is 20.0 Å². The molecule has 4 rings (SSSR count). The molecule has 0 atom stereocenters. The SMILES string of the molecule is CN(C)C1CCC(C(=O)Nc2c(C(=O)Nc3ccc(Cl)cn3)oc3ccc(F)nc23)CC1. The maximum Gasteiger partial charge on any atom is 0.294 e. The predicted molar refractivity (Wildman–Crippen MR) is 119 cm³/mol. The topological polar surface area (TPSA) is 100 Å². The number of nitrogens with zero attached hydrogens (tertiary/aromatic N) is 3. The van der Waals surface area contributed by atoms with Gasteiger partial charge in [-0.15, -0.1) is 0 Å². The normalized spacial score (nSPS) is 18.7. The van der Waals surface area contributed by atoms with Crippen molar-refractivity contribution in [2.75, 3.05) is 24.7 Å². The van der Waals surface area contributed by atoms with Crippen LogP contribution in [0, 0.1) is 11.9 Å². The molecule has 32 heavy (non-hydrogen) atoms. The van der Waals surface area contributed by atoms with Gasteiger partial charge in [0.05, 0.1) is 5.02 Å². The Morgan fingerprint density at radius 2 is 1.88 bits per heavy atom. The monoisotopic (exact) mass is 459 g/mol. The molecule has 0 aromatic carbocycles. The summed E-state index contributed by atoms with van der Waals surface area (Å²) >= 11 is 5.83. The van der Waals surface area contributed by atoms with Crippen LogP contribution in [0.2, 0.25) is 5.02 Å². The van der Waals surface area contributed by atoms with Crippen molar-refractivity contribution in [3.05, 3.63) is 47.2 Å². The van der Waals surface area contributed by atoms with Gasteiger partial charge in [-0.05, 0) is 64.0 Å². The average Bonchev–Trinajstić information content (AvgIpc) is 3.13. The molecular formula is C22H23ClFN5O3. The smallest absolute Gasteiger partial charge is 0.294 e. The highest BCUT2D eigenvalue weighted by Crippen LogP contribution is 2.33. The van der Waals surface area contributed by atoms with Gasteiger partial charge in [0.25, 0.3) is 5.91 Å². The van der Waals surface area contributed by atoms with Crippen molar-refractivity contribution in [3.8, 4) is 0 Å². The quantitative estimate of drug-likeness (QED) is 0.551. The highest BCUT2D eigenvalue weighted by Gasteiger charge is 2.30. The first-order chi connectivity index (χ1) is 15.3. The van der Waals surface area contributed by atoms with Crippen molar-refractivity contribution in [3.63, 3.8) is 0 Å². The van der Waals surface area contributed by atoms with Crippen LogP contribution in [-0.4, -0.2) is 46.8 Å². The zero-order valence-corrected chi connectivity index (χ0v) is 18.4. The fourth-order valence-electron chi connectivity index (χ4n) is 3.93. The van der Waals surface area contributed by atoms with Crippen LogP contribution in [0.15, 0.2) is 34.9 Å². The first-order valence-electron chi connectivity index (χ1n) is 10.3. The summed E-state index contributed by atoms with van der Waals surface area (Å²) in [5, 5.41) is 5.78. The molecule has 8 nitrogen and oxygen atoms in total. The van der Waals surface area contributed by atoms with Gasteiger partial charge in [-0.25, -0.2) is 9.97 Å². The van der Waals surface area contributed by atoms with Crippen molar-refractivity contribution < 1.29 is 18.4 Å². The first kappa shape index (κ1) is 22.2. The van der Waals surface area contributed by atoms with E-state index in [9.17, 15) is 14.0 Å². The average molecular weight is 460 g/mol. The molecule has 1 saturated carbocycles. The Kier molecular flexibility index (Phi) is 6.38. The van der Waals surface area contributed by atoms with Gasteiger partial charge in [0.2, 0.25) is 17.6 Å². The number of nitrogens with one attached hydrogen (secondary N) is 2. The second-order valence-electron chi connectivity index (χ2n) is 8.06. The third kappa shape index (κ3) is 4.73. The first-order valence-corrected chi connectivity index (χ1v) is 10.7. The molecule has 1 fully saturated rings. The number of fused-ring (bicyclic) bond motifs is 1. The number of halogens is 2. The molecule has 0 bridgehead atoms. The van der Waals surface area contributed by atoms with Gasteiger partial charge in [-0.3, -0.25) is 9.59 Å². The van der Waals surface area contributed by atoms with Crippen LogP contribution in [0.5, 0.6) is 0 Å². The molecule has 0 radical (unpaired) electrons. The van der Waals surface area contributed by atoms with Crippen LogP contribution in [0.25, 0.3) is 11.1 Å². The van der Waals surface area contributed by atoms with E-state index in [0.717, 1.165) is 31.7 Å². The molecule has 3 aromatic heterocycles. The largest absolute Gasteiger partial charge is 0.447 e. The van der Waals surface area contributed by atoms with Crippen LogP contribution in [0.4, 0.5) is 15.9 Å². The summed E-state index contributed by atoms with van der Waals surface area (Å²) in [5.41, 5.74) is 0.312. The molecule has 0 saturated heterocycles. The van der Waals surface area contributed by atoms with E-state index in [1.807, 2.05) is 14.1 Å². The lowest BCUT2D eigenvalue weighted by molar-refractivity contribution is -0.121. The van der Waals surface area contributed by atoms with Crippen LogP contribution in [-0.2, 0) is 4.79 Å². The highest BCUT2D eigenvalue weighted by molar-refractivity contribution is 6.30. The number of amides is 2. The van der Waals surface area contributed by atoms with Crippen molar-refractivity contribution >= 4 is 46.0 Å². The summed E-state index contributed by atoms with van der Waals surface area (Å²) in [6, 6.07) is 6.04. The molecule has 3 aromatic rings. The number of hydrogen-bond donors (Lipinski definition) is 2. The molecule has 0 aliphatic heterocycles. The summed E-state index contributed by atoms with van der Waals surface area (Å²) < 4.78 is 19.5. The van der Waals surface area contributed by atoms with E-state index in [2.05, 4.69) is 25.5 Å². The Hall–Kier alpha value is -3.04. The molecule has 0 spiro atoms. The number of aromatic nitrogens is 2. The van der Waals surface area contributed by atoms with E-state index in [1.165, 1.54) is 18.3 Å². The van der Waals surface area contributed by atoms with Gasteiger partial charge >= 0.3 is 0 Å². The second kappa shape index (κ2) is 9.22. The highest BCUT2D eigenvalue weighted by atomic mass is 35.5. The zero-order chi connectivity index (χ0) is 22.8.